The van der Waals surface area contributed by atoms with E-state index in [4.69, 9.17) is 11.6 Å². The highest BCUT2D eigenvalue weighted by Gasteiger charge is 2.15. The maximum absolute atomic E-state index is 13.4. The summed E-state index contributed by atoms with van der Waals surface area (Å²) >= 11 is 5.57. The van der Waals surface area contributed by atoms with Crippen LogP contribution in [0.25, 0.3) is 0 Å². The smallest absolute Gasteiger partial charge is 0.276 e. The minimum atomic E-state index is -1.66. The highest BCUT2D eigenvalue weighted by molar-refractivity contribution is 6.29. The molecule has 1 heterocycles. The molecule has 0 aliphatic rings. The van der Waals surface area contributed by atoms with Crippen LogP contribution in [0.5, 0.6) is 0 Å². The average Bonchev–Trinajstić information content (AvgIpc) is 2.39. The Morgan fingerprint density at radius 1 is 1.20 bits per heavy atom. The van der Waals surface area contributed by atoms with Gasteiger partial charge in [0.2, 0.25) is 0 Å². The number of benzene rings is 1. The van der Waals surface area contributed by atoms with Gasteiger partial charge in [-0.05, 0) is 12.1 Å². The van der Waals surface area contributed by atoms with E-state index >= 15 is 0 Å². The fourth-order valence-electron chi connectivity index (χ4n) is 1.41. The first kappa shape index (κ1) is 14.1. The van der Waals surface area contributed by atoms with Crippen LogP contribution in [0.2, 0.25) is 5.15 Å². The molecule has 0 aliphatic carbocycles. The summed E-state index contributed by atoms with van der Waals surface area (Å²) < 4.78 is 39.2. The van der Waals surface area contributed by atoms with Gasteiger partial charge in [-0.2, -0.15) is 0 Å². The number of hydrogen-bond acceptors (Lipinski definition) is 4. The second-order valence-electron chi connectivity index (χ2n) is 3.64. The zero-order valence-electron chi connectivity index (χ0n) is 9.53. The topological polar surface area (TPSA) is 68.1 Å². The van der Waals surface area contributed by atoms with E-state index in [1.807, 2.05) is 0 Å². The van der Waals surface area contributed by atoms with Crippen LogP contribution in [0.3, 0.4) is 0 Å². The molecule has 2 rings (SSSR count). The monoisotopic (exact) mass is 303 g/mol. The Morgan fingerprint density at radius 2 is 1.90 bits per heavy atom. The summed E-state index contributed by atoms with van der Waals surface area (Å²) in [6, 6.07) is 3.61. The maximum Gasteiger partial charge on any atom is 0.276 e. The number of nitrogens with one attached hydrogen (secondary N) is 1. The van der Waals surface area contributed by atoms with Crippen molar-refractivity contribution in [3.05, 3.63) is 57.0 Å². The van der Waals surface area contributed by atoms with E-state index in [2.05, 4.69) is 10.3 Å². The highest BCUT2D eigenvalue weighted by atomic mass is 35.5. The first-order valence-corrected chi connectivity index (χ1v) is 5.49. The first-order valence-electron chi connectivity index (χ1n) is 5.11. The summed E-state index contributed by atoms with van der Waals surface area (Å²) in [4.78, 5) is 13.6. The van der Waals surface area contributed by atoms with Gasteiger partial charge >= 0.3 is 0 Å². The van der Waals surface area contributed by atoms with Crippen molar-refractivity contribution in [3.63, 3.8) is 0 Å². The zero-order chi connectivity index (χ0) is 14.9. The standard InChI is InChI=1S/C11H5ClF3N3O2/c12-8-3-5(18(19)20)4-9(17-8)16-7-2-1-6(13)10(14)11(7)15/h1-4H,(H,16,17). The minimum Gasteiger partial charge on any atom is -0.337 e. The molecule has 0 radical (unpaired) electrons. The lowest BCUT2D eigenvalue weighted by atomic mass is 10.2. The van der Waals surface area contributed by atoms with Gasteiger partial charge in [0.1, 0.15) is 11.0 Å². The van der Waals surface area contributed by atoms with Crippen molar-refractivity contribution in [2.75, 3.05) is 5.32 Å². The normalized spacial score (nSPS) is 10.4. The van der Waals surface area contributed by atoms with Gasteiger partial charge in [0.05, 0.1) is 22.7 Å². The van der Waals surface area contributed by atoms with Crippen molar-refractivity contribution in [3.8, 4) is 0 Å². The number of halogens is 4. The van der Waals surface area contributed by atoms with E-state index in [0.717, 1.165) is 18.2 Å². The average molecular weight is 304 g/mol. The largest absolute Gasteiger partial charge is 0.337 e. The Bertz CT molecular complexity index is 697. The van der Waals surface area contributed by atoms with Crippen molar-refractivity contribution in [2.24, 2.45) is 0 Å². The van der Waals surface area contributed by atoms with Crippen molar-refractivity contribution in [1.29, 1.82) is 0 Å². The lowest BCUT2D eigenvalue weighted by Gasteiger charge is -2.07. The molecular formula is C11H5ClF3N3O2. The second kappa shape index (κ2) is 5.33. The molecule has 2 aromatic rings. The molecule has 0 amide bonds. The van der Waals surface area contributed by atoms with Crippen molar-refractivity contribution < 1.29 is 18.1 Å². The lowest BCUT2D eigenvalue weighted by molar-refractivity contribution is -0.384. The molecule has 0 fully saturated rings. The van der Waals surface area contributed by atoms with Crippen LogP contribution in [0.15, 0.2) is 24.3 Å². The SMILES string of the molecule is O=[N+]([O-])c1cc(Cl)nc(Nc2ccc(F)c(F)c2F)c1. The van der Waals surface area contributed by atoms with Crippen LogP contribution in [-0.4, -0.2) is 9.91 Å². The Balaban J connectivity index is 2.40. The van der Waals surface area contributed by atoms with Crippen LogP contribution in [-0.2, 0) is 0 Å². The third-order valence-corrected chi connectivity index (χ3v) is 2.48. The summed E-state index contributed by atoms with van der Waals surface area (Å²) in [5.41, 5.74) is -0.802. The fourth-order valence-corrected chi connectivity index (χ4v) is 1.62. The highest BCUT2D eigenvalue weighted by Crippen LogP contribution is 2.26. The van der Waals surface area contributed by atoms with Crippen LogP contribution in [0.4, 0.5) is 30.4 Å². The number of rotatable bonds is 3. The molecular weight excluding hydrogens is 299 g/mol. The Morgan fingerprint density at radius 3 is 2.55 bits per heavy atom. The van der Waals surface area contributed by atoms with Gasteiger partial charge in [-0.1, -0.05) is 11.6 Å². The molecule has 1 aromatic carbocycles. The minimum absolute atomic E-state index is 0.172. The second-order valence-corrected chi connectivity index (χ2v) is 4.03. The number of hydrogen-bond donors (Lipinski definition) is 1. The molecule has 0 aliphatic heterocycles. The fraction of sp³-hybridized carbons (Fsp3) is 0. The molecule has 0 atom stereocenters. The Kier molecular flexibility index (Phi) is 3.75. The van der Waals surface area contributed by atoms with Gasteiger partial charge in [-0.3, -0.25) is 10.1 Å². The predicted octanol–water partition coefficient (Wildman–Crippen LogP) is 3.80. The van der Waals surface area contributed by atoms with E-state index in [9.17, 15) is 23.3 Å². The molecule has 0 saturated carbocycles. The van der Waals surface area contributed by atoms with Gasteiger partial charge in [-0.15, -0.1) is 0 Å². The number of nitro groups is 1. The molecule has 9 heteroatoms. The Labute approximate surface area is 115 Å². The van der Waals surface area contributed by atoms with Gasteiger partial charge < -0.3 is 5.32 Å². The summed E-state index contributed by atoms with van der Waals surface area (Å²) in [7, 11) is 0. The van der Waals surface area contributed by atoms with E-state index in [1.165, 1.54) is 0 Å². The van der Waals surface area contributed by atoms with E-state index in [1.54, 1.807) is 0 Å². The van der Waals surface area contributed by atoms with Gasteiger partial charge in [0.15, 0.2) is 17.5 Å². The van der Waals surface area contributed by atoms with Crippen LogP contribution < -0.4 is 5.32 Å². The van der Waals surface area contributed by atoms with Gasteiger partial charge in [-0.25, -0.2) is 18.2 Å². The third-order valence-electron chi connectivity index (χ3n) is 2.29. The summed E-state index contributed by atoms with van der Waals surface area (Å²) in [6.07, 6.45) is 0. The summed E-state index contributed by atoms with van der Waals surface area (Å²) in [5, 5.41) is 12.7. The van der Waals surface area contributed by atoms with Crippen molar-refractivity contribution >= 4 is 28.8 Å². The summed E-state index contributed by atoms with van der Waals surface area (Å²) in [6.45, 7) is 0. The predicted molar refractivity (Wildman–Crippen MR) is 65.5 cm³/mol. The molecule has 0 saturated heterocycles. The zero-order valence-corrected chi connectivity index (χ0v) is 10.3. The Hall–Kier alpha value is -2.35. The van der Waals surface area contributed by atoms with Crippen molar-refractivity contribution in [2.45, 2.75) is 0 Å². The molecule has 20 heavy (non-hydrogen) atoms. The lowest BCUT2D eigenvalue weighted by Crippen LogP contribution is -2.01. The molecule has 1 N–H and O–H groups in total. The van der Waals surface area contributed by atoms with Gasteiger partial charge in [0, 0.05) is 0 Å². The summed E-state index contributed by atoms with van der Waals surface area (Å²) in [5.74, 6) is -4.65. The number of pyridine rings is 1. The van der Waals surface area contributed by atoms with E-state index < -0.39 is 28.1 Å². The number of nitrogens with zero attached hydrogens (tertiary/aromatic N) is 2. The van der Waals surface area contributed by atoms with E-state index in [-0.39, 0.29) is 16.7 Å². The van der Waals surface area contributed by atoms with Crippen LogP contribution in [0.1, 0.15) is 0 Å². The first-order chi connectivity index (χ1) is 9.38. The molecule has 104 valence electrons. The van der Waals surface area contributed by atoms with Crippen LogP contribution in [0, 0.1) is 27.6 Å². The molecule has 1 aromatic heterocycles. The molecule has 0 unspecified atom stereocenters. The number of anilines is 2. The quantitative estimate of drug-likeness (QED) is 0.405. The molecule has 0 spiro atoms. The number of aromatic nitrogens is 1. The molecule has 5 nitrogen and oxygen atoms in total. The van der Waals surface area contributed by atoms with E-state index in [0.29, 0.717) is 6.07 Å². The molecule has 0 bridgehead atoms. The van der Waals surface area contributed by atoms with Crippen LogP contribution >= 0.6 is 11.6 Å². The third kappa shape index (κ3) is 2.80. The van der Waals surface area contributed by atoms with Gasteiger partial charge in [0.25, 0.3) is 5.69 Å². The van der Waals surface area contributed by atoms with Crippen molar-refractivity contribution in [1.82, 2.24) is 4.98 Å². The maximum atomic E-state index is 13.4.